The quantitative estimate of drug-likeness (QED) is 0.850. The lowest BCUT2D eigenvalue weighted by Crippen LogP contribution is -2.26. The molecule has 0 amide bonds. The zero-order valence-corrected chi connectivity index (χ0v) is 14.1. The number of carboxylic acid groups (broad SMARTS) is 1. The fourth-order valence-electron chi connectivity index (χ4n) is 2.83. The van der Waals surface area contributed by atoms with E-state index in [2.05, 4.69) is 5.10 Å². The Balaban J connectivity index is 2.11. The van der Waals surface area contributed by atoms with E-state index in [4.69, 9.17) is 23.2 Å². The Morgan fingerprint density at radius 3 is 2.46 bits per heavy atom. The third kappa shape index (κ3) is 2.97. The molecule has 0 unspecified atom stereocenters. The lowest BCUT2D eigenvalue weighted by atomic mass is 9.91. The highest BCUT2D eigenvalue weighted by molar-refractivity contribution is 6.38. The van der Waals surface area contributed by atoms with Gasteiger partial charge in [-0.25, -0.2) is 9.18 Å². The van der Waals surface area contributed by atoms with Crippen LogP contribution < -0.4 is 5.01 Å². The smallest absolute Gasteiger partial charge is 0.352 e. The van der Waals surface area contributed by atoms with Gasteiger partial charge < -0.3 is 5.11 Å². The standard InChI is InChI=1S/C17H13Cl2FN2O2/c1-9-15(17(23)24)21-22(14-7-4-11(18)8-13(14)19)16(9)10-2-5-12(20)6-3-10/h2-9,16H,1H3,(H,23,24)/t9-,16+/m0/s1. The van der Waals surface area contributed by atoms with E-state index in [0.717, 1.165) is 5.56 Å². The van der Waals surface area contributed by atoms with Crippen LogP contribution in [-0.4, -0.2) is 16.8 Å². The molecule has 4 nitrogen and oxygen atoms in total. The molecule has 0 saturated carbocycles. The van der Waals surface area contributed by atoms with Gasteiger partial charge in [0.15, 0.2) is 5.71 Å². The molecule has 24 heavy (non-hydrogen) atoms. The van der Waals surface area contributed by atoms with Gasteiger partial charge in [-0.05, 0) is 35.9 Å². The summed E-state index contributed by atoms with van der Waals surface area (Å²) in [6.07, 6.45) is 0. The molecule has 0 radical (unpaired) electrons. The van der Waals surface area contributed by atoms with Crippen molar-refractivity contribution >= 4 is 40.6 Å². The zero-order chi connectivity index (χ0) is 17.4. The summed E-state index contributed by atoms with van der Waals surface area (Å²) >= 11 is 12.2. The maximum absolute atomic E-state index is 13.2. The minimum absolute atomic E-state index is 0.0235. The molecule has 3 rings (SSSR count). The molecule has 2 atom stereocenters. The second kappa shape index (κ2) is 6.42. The summed E-state index contributed by atoms with van der Waals surface area (Å²) in [5, 5.41) is 16.0. The van der Waals surface area contributed by atoms with Crippen molar-refractivity contribution in [3.05, 3.63) is 63.9 Å². The van der Waals surface area contributed by atoms with E-state index in [1.165, 1.54) is 12.1 Å². The largest absolute Gasteiger partial charge is 0.477 e. The van der Waals surface area contributed by atoms with Crippen molar-refractivity contribution in [2.24, 2.45) is 11.0 Å². The van der Waals surface area contributed by atoms with Crippen LogP contribution in [0.2, 0.25) is 10.0 Å². The van der Waals surface area contributed by atoms with Gasteiger partial charge in [0, 0.05) is 10.9 Å². The monoisotopic (exact) mass is 366 g/mol. The van der Waals surface area contributed by atoms with E-state index in [9.17, 15) is 14.3 Å². The number of aliphatic carboxylic acids is 1. The number of rotatable bonds is 3. The summed E-state index contributed by atoms with van der Waals surface area (Å²) in [5.41, 5.74) is 1.31. The Morgan fingerprint density at radius 1 is 1.21 bits per heavy atom. The van der Waals surface area contributed by atoms with Gasteiger partial charge in [0.05, 0.1) is 16.8 Å². The van der Waals surface area contributed by atoms with E-state index in [-0.39, 0.29) is 11.5 Å². The number of hydrogen-bond donors (Lipinski definition) is 1. The minimum Gasteiger partial charge on any atom is -0.477 e. The number of halogens is 3. The van der Waals surface area contributed by atoms with E-state index >= 15 is 0 Å². The van der Waals surface area contributed by atoms with Crippen molar-refractivity contribution in [2.75, 3.05) is 5.01 Å². The van der Waals surface area contributed by atoms with E-state index in [1.54, 1.807) is 42.3 Å². The molecular weight excluding hydrogens is 354 g/mol. The highest BCUT2D eigenvalue weighted by Gasteiger charge is 2.40. The van der Waals surface area contributed by atoms with Crippen molar-refractivity contribution in [2.45, 2.75) is 13.0 Å². The van der Waals surface area contributed by atoms with E-state index in [1.807, 2.05) is 0 Å². The van der Waals surface area contributed by atoms with Crippen LogP contribution in [0.3, 0.4) is 0 Å². The van der Waals surface area contributed by atoms with Gasteiger partial charge in [-0.15, -0.1) is 0 Å². The number of hydrazone groups is 1. The third-order valence-corrected chi connectivity index (χ3v) is 4.51. The average Bonchev–Trinajstić information content (AvgIpc) is 2.86. The Morgan fingerprint density at radius 2 is 1.88 bits per heavy atom. The molecule has 124 valence electrons. The topological polar surface area (TPSA) is 52.9 Å². The van der Waals surface area contributed by atoms with Crippen LogP contribution in [0.4, 0.5) is 10.1 Å². The van der Waals surface area contributed by atoms with Crippen LogP contribution in [0.15, 0.2) is 47.6 Å². The predicted molar refractivity (Wildman–Crippen MR) is 92.3 cm³/mol. The first-order valence-corrected chi connectivity index (χ1v) is 7.95. The van der Waals surface area contributed by atoms with Gasteiger partial charge in [0.2, 0.25) is 0 Å². The Bertz CT molecular complexity index is 824. The van der Waals surface area contributed by atoms with Crippen LogP contribution in [0.5, 0.6) is 0 Å². The normalized spacial score (nSPS) is 20.2. The van der Waals surface area contributed by atoms with Crippen LogP contribution in [0.1, 0.15) is 18.5 Å². The van der Waals surface area contributed by atoms with E-state index in [0.29, 0.717) is 15.7 Å². The molecule has 0 fully saturated rings. The summed E-state index contributed by atoms with van der Waals surface area (Å²) in [6.45, 7) is 1.77. The van der Waals surface area contributed by atoms with Crippen molar-refractivity contribution < 1.29 is 14.3 Å². The number of carbonyl (C=O) groups is 1. The van der Waals surface area contributed by atoms with Crippen molar-refractivity contribution in [1.29, 1.82) is 0 Å². The Hall–Kier alpha value is -2.11. The van der Waals surface area contributed by atoms with Crippen LogP contribution >= 0.6 is 23.2 Å². The zero-order valence-electron chi connectivity index (χ0n) is 12.6. The van der Waals surface area contributed by atoms with Gasteiger partial charge in [-0.1, -0.05) is 42.3 Å². The fourth-order valence-corrected chi connectivity index (χ4v) is 3.32. The Labute approximate surface area is 148 Å². The van der Waals surface area contributed by atoms with Gasteiger partial charge in [-0.2, -0.15) is 5.10 Å². The first-order valence-electron chi connectivity index (χ1n) is 7.20. The summed E-state index contributed by atoms with van der Waals surface area (Å²) in [4.78, 5) is 11.5. The summed E-state index contributed by atoms with van der Waals surface area (Å²) in [6, 6.07) is 10.4. The van der Waals surface area contributed by atoms with Crippen LogP contribution in [-0.2, 0) is 4.79 Å². The molecule has 0 spiro atoms. The molecule has 0 aromatic heterocycles. The molecule has 1 heterocycles. The lowest BCUT2D eigenvalue weighted by Gasteiger charge is -2.27. The second-order valence-electron chi connectivity index (χ2n) is 5.52. The summed E-state index contributed by atoms with van der Waals surface area (Å²) in [5.74, 6) is -1.86. The molecule has 1 N–H and O–H groups in total. The first-order chi connectivity index (χ1) is 11.4. The van der Waals surface area contributed by atoms with Gasteiger partial charge >= 0.3 is 5.97 Å². The highest BCUT2D eigenvalue weighted by Crippen LogP contribution is 2.42. The number of nitrogens with zero attached hydrogens (tertiary/aromatic N) is 2. The van der Waals surface area contributed by atoms with Crippen LogP contribution in [0.25, 0.3) is 0 Å². The number of anilines is 1. The summed E-state index contributed by atoms with van der Waals surface area (Å²) in [7, 11) is 0. The molecule has 0 saturated heterocycles. The predicted octanol–water partition coefficient (Wildman–Crippen LogP) is 4.77. The van der Waals surface area contributed by atoms with Crippen molar-refractivity contribution in [3.8, 4) is 0 Å². The molecule has 0 bridgehead atoms. The first kappa shape index (κ1) is 16.7. The molecule has 0 aliphatic carbocycles. The Kier molecular flexibility index (Phi) is 4.47. The van der Waals surface area contributed by atoms with E-state index < -0.39 is 17.9 Å². The van der Waals surface area contributed by atoms with Gasteiger partial charge in [0.25, 0.3) is 0 Å². The molecule has 7 heteroatoms. The van der Waals surface area contributed by atoms with Crippen molar-refractivity contribution in [1.82, 2.24) is 0 Å². The van der Waals surface area contributed by atoms with Gasteiger partial charge in [0.1, 0.15) is 5.82 Å². The number of hydrogen-bond acceptors (Lipinski definition) is 3. The maximum Gasteiger partial charge on any atom is 0.352 e. The van der Waals surface area contributed by atoms with Gasteiger partial charge in [-0.3, -0.25) is 5.01 Å². The molecule has 2 aromatic rings. The number of carboxylic acids is 1. The highest BCUT2D eigenvalue weighted by atomic mass is 35.5. The molecule has 2 aromatic carbocycles. The second-order valence-corrected chi connectivity index (χ2v) is 6.36. The van der Waals surface area contributed by atoms with Crippen molar-refractivity contribution in [3.63, 3.8) is 0 Å². The lowest BCUT2D eigenvalue weighted by molar-refractivity contribution is -0.129. The molecule has 1 aliphatic rings. The summed E-state index contributed by atoms with van der Waals surface area (Å²) < 4.78 is 13.2. The third-order valence-electron chi connectivity index (χ3n) is 3.97. The average molecular weight is 367 g/mol. The number of benzene rings is 2. The minimum atomic E-state index is -1.10. The SMILES string of the molecule is C[C@H]1C(C(=O)O)=NN(c2ccc(Cl)cc2Cl)[C@H]1c1ccc(F)cc1. The molecule has 1 aliphatic heterocycles. The fraction of sp³-hybridized carbons (Fsp3) is 0.176. The van der Waals surface area contributed by atoms with Crippen LogP contribution in [0, 0.1) is 11.7 Å². The maximum atomic E-state index is 13.2. The molecular formula is C17H13Cl2FN2O2.